The summed E-state index contributed by atoms with van der Waals surface area (Å²) in [6.07, 6.45) is 7.99. The lowest BCUT2D eigenvalue weighted by molar-refractivity contribution is 0.268. The van der Waals surface area contributed by atoms with Crippen LogP contribution in [0, 0.1) is 5.92 Å². The third kappa shape index (κ3) is 4.23. The molecule has 0 radical (unpaired) electrons. The number of likely N-dealkylation sites (N-methyl/N-ethyl adjacent to an activating group) is 1. The summed E-state index contributed by atoms with van der Waals surface area (Å²) in [5.41, 5.74) is 1.30. The van der Waals surface area contributed by atoms with E-state index in [0.717, 1.165) is 29.1 Å². The van der Waals surface area contributed by atoms with Gasteiger partial charge in [-0.15, -0.1) is 0 Å². The number of halogens is 1. The molecule has 1 aliphatic rings. The summed E-state index contributed by atoms with van der Waals surface area (Å²) in [6, 6.07) is 6.88. The summed E-state index contributed by atoms with van der Waals surface area (Å²) in [5, 5.41) is 3.70. The zero-order valence-electron chi connectivity index (χ0n) is 12.6. The molecule has 0 amide bonds. The van der Waals surface area contributed by atoms with Gasteiger partial charge in [-0.2, -0.15) is 0 Å². The SMILES string of the molecule is CCNC(Cc1cc(Br)ccc1OC)C1CCCCC1. The molecule has 2 nitrogen and oxygen atoms in total. The van der Waals surface area contributed by atoms with Crippen LogP contribution in [0.3, 0.4) is 0 Å². The Bertz CT molecular complexity index is 415. The zero-order valence-corrected chi connectivity index (χ0v) is 14.2. The van der Waals surface area contributed by atoms with Gasteiger partial charge in [-0.1, -0.05) is 42.1 Å². The molecule has 1 atom stereocenters. The average Bonchev–Trinajstić information content (AvgIpc) is 2.48. The Labute approximate surface area is 131 Å². The minimum absolute atomic E-state index is 0.573. The van der Waals surface area contributed by atoms with Crippen LogP contribution < -0.4 is 10.1 Å². The number of hydrogen-bond acceptors (Lipinski definition) is 2. The van der Waals surface area contributed by atoms with Crippen molar-refractivity contribution in [3.8, 4) is 5.75 Å². The van der Waals surface area contributed by atoms with Crippen LogP contribution >= 0.6 is 15.9 Å². The number of benzene rings is 1. The molecule has 0 bridgehead atoms. The molecule has 0 aromatic heterocycles. The first-order valence-corrected chi connectivity index (χ1v) is 8.59. The monoisotopic (exact) mass is 339 g/mol. The quantitative estimate of drug-likeness (QED) is 0.820. The molecule has 1 fully saturated rings. The van der Waals surface area contributed by atoms with Gasteiger partial charge in [0.05, 0.1) is 7.11 Å². The van der Waals surface area contributed by atoms with Gasteiger partial charge < -0.3 is 10.1 Å². The third-order valence-corrected chi connectivity index (χ3v) is 4.86. The Morgan fingerprint density at radius 2 is 2.05 bits per heavy atom. The molecule has 1 unspecified atom stereocenters. The van der Waals surface area contributed by atoms with Crippen LogP contribution in [0.1, 0.15) is 44.6 Å². The summed E-state index contributed by atoms with van der Waals surface area (Å²) in [4.78, 5) is 0. The van der Waals surface area contributed by atoms with Crippen LogP contribution in [0.5, 0.6) is 5.75 Å². The van der Waals surface area contributed by atoms with Crippen molar-refractivity contribution in [2.24, 2.45) is 5.92 Å². The Kier molecular flexibility index (Phi) is 6.37. The fraction of sp³-hybridized carbons (Fsp3) is 0.647. The van der Waals surface area contributed by atoms with Crippen LogP contribution in [0.15, 0.2) is 22.7 Å². The van der Waals surface area contributed by atoms with E-state index in [1.165, 1.54) is 37.7 Å². The average molecular weight is 340 g/mol. The normalized spacial score (nSPS) is 17.9. The van der Waals surface area contributed by atoms with E-state index in [4.69, 9.17) is 4.74 Å². The minimum atomic E-state index is 0.573. The first-order valence-electron chi connectivity index (χ1n) is 7.80. The van der Waals surface area contributed by atoms with Crippen molar-refractivity contribution in [2.75, 3.05) is 13.7 Å². The largest absolute Gasteiger partial charge is 0.496 e. The van der Waals surface area contributed by atoms with Crippen molar-refractivity contribution in [2.45, 2.75) is 51.5 Å². The van der Waals surface area contributed by atoms with Gasteiger partial charge in [-0.25, -0.2) is 0 Å². The lowest BCUT2D eigenvalue weighted by Crippen LogP contribution is -2.39. The van der Waals surface area contributed by atoms with Crippen LogP contribution in [-0.4, -0.2) is 19.7 Å². The van der Waals surface area contributed by atoms with Gasteiger partial charge in [0.2, 0.25) is 0 Å². The van der Waals surface area contributed by atoms with E-state index in [0.29, 0.717) is 6.04 Å². The first-order chi connectivity index (χ1) is 9.74. The zero-order chi connectivity index (χ0) is 14.4. The van der Waals surface area contributed by atoms with E-state index in [2.05, 4.69) is 40.3 Å². The molecule has 0 saturated heterocycles. The standard InChI is InChI=1S/C17H26BrNO/c1-3-19-16(13-7-5-4-6-8-13)12-14-11-15(18)9-10-17(14)20-2/h9-11,13,16,19H,3-8,12H2,1-2H3. The van der Waals surface area contributed by atoms with E-state index in [-0.39, 0.29) is 0 Å². The topological polar surface area (TPSA) is 21.3 Å². The maximum atomic E-state index is 5.52. The van der Waals surface area contributed by atoms with Gasteiger partial charge in [-0.3, -0.25) is 0 Å². The van der Waals surface area contributed by atoms with Gasteiger partial charge in [-0.05, 0) is 55.5 Å². The molecule has 1 aliphatic carbocycles. The molecular weight excluding hydrogens is 314 g/mol. The highest BCUT2D eigenvalue weighted by atomic mass is 79.9. The molecule has 1 aromatic carbocycles. The maximum Gasteiger partial charge on any atom is 0.122 e. The van der Waals surface area contributed by atoms with Crippen LogP contribution in [0.4, 0.5) is 0 Å². The molecule has 1 aromatic rings. The summed E-state index contributed by atoms with van der Waals surface area (Å²) in [6.45, 7) is 3.24. The van der Waals surface area contributed by atoms with E-state index in [9.17, 15) is 0 Å². The third-order valence-electron chi connectivity index (χ3n) is 4.37. The fourth-order valence-electron chi connectivity index (χ4n) is 3.35. The molecule has 0 aliphatic heterocycles. The van der Waals surface area contributed by atoms with Crippen molar-refractivity contribution < 1.29 is 4.74 Å². The number of ether oxygens (including phenoxy) is 1. The van der Waals surface area contributed by atoms with Gasteiger partial charge in [0.15, 0.2) is 0 Å². The molecule has 0 spiro atoms. The predicted molar refractivity (Wildman–Crippen MR) is 88.4 cm³/mol. The van der Waals surface area contributed by atoms with E-state index in [1.54, 1.807) is 7.11 Å². The highest BCUT2D eigenvalue weighted by molar-refractivity contribution is 9.10. The Balaban J connectivity index is 2.12. The summed E-state index contributed by atoms with van der Waals surface area (Å²) in [7, 11) is 1.76. The summed E-state index contributed by atoms with van der Waals surface area (Å²) in [5.74, 6) is 1.82. The number of nitrogens with one attached hydrogen (secondary N) is 1. The Morgan fingerprint density at radius 1 is 1.30 bits per heavy atom. The second kappa shape index (κ2) is 8.04. The second-order valence-corrected chi connectivity index (χ2v) is 6.64. The number of methoxy groups -OCH3 is 1. The lowest BCUT2D eigenvalue weighted by atomic mass is 9.81. The van der Waals surface area contributed by atoms with Crippen LogP contribution in [-0.2, 0) is 6.42 Å². The molecule has 2 rings (SSSR count). The van der Waals surface area contributed by atoms with E-state index >= 15 is 0 Å². The Hall–Kier alpha value is -0.540. The molecular formula is C17H26BrNO. The minimum Gasteiger partial charge on any atom is -0.496 e. The molecule has 20 heavy (non-hydrogen) atoms. The summed E-state index contributed by atoms with van der Waals surface area (Å²) >= 11 is 3.57. The van der Waals surface area contributed by atoms with Gasteiger partial charge in [0.1, 0.15) is 5.75 Å². The van der Waals surface area contributed by atoms with Crippen LogP contribution in [0.25, 0.3) is 0 Å². The van der Waals surface area contributed by atoms with Crippen LogP contribution in [0.2, 0.25) is 0 Å². The van der Waals surface area contributed by atoms with Crippen molar-refractivity contribution in [3.63, 3.8) is 0 Å². The molecule has 1 N–H and O–H groups in total. The van der Waals surface area contributed by atoms with E-state index in [1.807, 2.05) is 6.07 Å². The number of rotatable bonds is 6. The first kappa shape index (κ1) is 15.8. The molecule has 0 heterocycles. The predicted octanol–water partition coefficient (Wildman–Crippen LogP) is 4.56. The summed E-state index contributed by atoms with van der Waals surface area (Å²) < 4.78 is 6.65. The van der Waals surface area contributed by atoms with Gasteiger partial charge >= 0.3 is 0 Å². The fourth-order valence-corrected chi connectivity index (χ4v) is 3.76. The highest BCUT2D eigenvalue weighted by Crippen LogP contribution is 2.31. The molecule has 1 saturated carbocycles. The lowest BCUT2D eigenvalue weighted by Gasteiger charge is -2.31. The van der Waals surface area contributed by atoms with Crippen molar-refractivity contribution >= 4 is 15.9 Å². The van der Waals surface area contributed by atoms with Crippen molar-refractivity contribution in [1.82, 2.24) is 5.32 Å². The highest BCUT2D eigenvalue weighted by Gasteiger charge is 2.24. The maximum absolute atomic E-state index is 5.52. The molecule has 3 heteroatoms. The van der Waals surface area contributed by atoms with Gasteiger partial charge in [0.25, 0.3) is 0 Å². The van der Waals surface area contributed by atoms with Crippen molar-refractivity contribution in [1.29, 1.82) is 0 Å². The van der Waals surface area contributed by atoms with Gasteiger partial charge in [0, 0.05) is 10.5 Å². The van der Waals surface area contributed by atoms with E-state index < -0.39 is 0 Å². The molecule has 112 valence electrons. The smallest absolute Gasteiger partial charge is 0.122 e. The van der Waals surface area contributed by atoms with Crippen molar-refractivity contribution in [3.05, 3.63) is 28.2 Å². The number of hydrogen-bond donors (Lipinski definition) is 1. The second-order valence-electron chi connectivity index (χ2n) is 5.72. The Morgan fingerprint density at radius 3 is 2.70 bits per heavy atom.